The number of rotatable bonds is 5. The van der Waals surface area contributed by atoms with Crippen LogP contribution in [0.4, 0.5) is 0 Å². The van der Waals surface area contributed by atoms with Gasteiger partial charge in [0, 0.05) is 19.0 Å². The van der Waals surface area contributed by atoms with Crippen LogP contribution in [0, 0.1) is 17.2 Å². The second kappa shape index (κ2) is 6.24. The number of nitrogens with zero attached hydrogens (tertiary/aromatic N) is 1. The molecule has 1 saturated carbocycles. The molecule has 0 amide bonds. The van der Waals surface area contributed by atoms with Crippen molar-refractivity contribution in [3.63, 3.8) is 0 Å². The largest absolute Gasteiger partial charge is 0.388 e. The van der Waals surface area contributed by atoms with Crippen LogP contribution in [0.2, 0.25) is 0 Å². The first kappa shape index (κ1) is 13.5. The van der Waals surface area contributed by atoms with Crippen molar-refractivity contribution < 1.29 is 0 Å². The molecule has 16 heavy (non-hydrogen) atoms. The molecule has 3 atom stereocenters. The Kier molecular flexibility index (Phi) is 5.26. The summed E-state index contributed by atoms with van der Waals surface area (Å²) in [5.41, 5.74) is 5.43. The maximum Gasteiger partial charge on any atom is 0.0918 e. The van der Waals surface area contributed by atoms with Gasteiger partial charge in [0.15, 0.2) is 0 Å². The van der Waals surface area contributed by atoms with Gasteiger partial charge in [0.1, 0.15) is 0 Å². The van der Waals surface area contributed by atoms with Gasteiger partial charge in [-0.1, -0.05) is 20.8 Å². The first-order chi connectivity index (χ1) is 7.54. The average Bonchev–Trinajstić information content (AvgIpc) is 2.23. The van der Waals surface area contributed by atoms with Gasteiger partial charge in [0.25, 0.3) is 0 Å². The molecule has 0 aliphatic heterocycles. The van der Waals surface area contributed by atoms with Crippen LogP contribution in [-0.2, 0) is 0 Å². The topological polar surface area (TPSA) is 53.1 Å². The molecule has 1 aliphatic rings. The molecule has 0 aromatic rings. The van der Waals surface area contributed by atoms with Gasteiger partial charge in [0.05, 0.1) is 5.84 Å². The highest BCUT2D eigenvalue weighted by atomic mass is 15.1. The highest BCUT2D eigenvalue weighted by molar-refractivity contribution is 5.76. The van der Waals surface area contributed by atoms with E-state index in [-0.39, 0.29) is 0 Å². The Bertz CT molecular complexity index is 227. The van der Waals surface area contributed by atoms with Gasteiger partial charge in [-0.3, -0.25) is 5.41 Å². The molecule has 0 radical (unpaired) electrons. The van der Waals surface area contributed by atoms with Gasteiger partial charge in [-0.15, -0.1) is 0 Å². The standard InChI is InChI=1S/C13H27N3/c1-4-16(8-7-13(14)15)12-6-5-10(2)11(3)9-12/h10-12H,4-9H2,1-3H3,(H3,14,15). The summed E-state index contributed by atoms with van der Waals surface area (Å²) < 4.78 is 0. The lowest BCUT2D eigenvalue weighted by molar-refractivity contribution is 0.116. The van der Waals surface area contributed by atoms with Crippen LogP contribution in [0.15, 0.2) is 0 Å². The first-order valence-corrected chi connectivity index (χ1v) is 6.61. The molecule has 0 aromatic carbocycles. The monoisotopic (exact) mass is 225 g/mol. The quantitative estimate of drug-likeness (QED) is 0.558. The van der Waals surface area contributed by atoms with Crippen LogP contribution in [0.25, 0.3) is 0 Å². The summed E-state index contributed by atoms with van der Waals surface area (Å²) in [7, 11) is 0. The molecule has 1 rings (SSSR count). The summed E-state index contributed by atoms with van der Waals surface area (Å²) in [4.78, 5) is 2.50. The average molecular weight is 225 g/mol. The number of nitrogens with two attached hydrogens (primary N) is 1. The normalized spacial score (nSPS) is 30.6. The third kappa shape index (κ3) is 3.78. The van der Waals surface area contributed by atoms with Crippen molar-refractivity contribution in [2.24, 2.45) is 17.6 Å². The van der Waals surface area contributed by atoms with Crippen molar-refractivity contribution in [1.82, 2.24) is 4.90 Å². The van der Waals surface area contributed by atoms with Gasteiger partial charge in [-0.25, -0.2) is 0 Å². The Balaban J connectivity index is 2.43. The fourth-order valence-electron chi connectivity index (χ4n) is 2.71. The predicted octanol–water partition coefficient (Wildman–Crippen LogP) is 2.46. The van der Waals surface area contributed by atoms with E-state index in [1.54, 1.807) is 0 Å². The van der Waals surface area contributed by atoms with Gasteiger partial charge in [-0.05, 0) is 37.6 Å². The molecule has 3 heteroatoms. The molecule has 94 valence electrons. The van der Waals surface area contributed by atoms with Crippen molar-refractivity contribution in [2.45, 2.75) is 52.5 Å². The lowest BCUT2D eigenvalue weighted by Crippen LogP contribution is -2.41. The zero-order valence-electron chi connectivity index (χ0n) is 11.0. The molecule has 3 unspecified atom stereocenters. The minimum absolute atomic E-state index is 0.315. The molecule has 0 spiro atoms. The van der Waals surface area contributed by atoms with Gasteiger partial charge in [-0.2, -0.15) is 0 Å². The summed E-state index contributed by atoms with van der Waals surface area (Å²) >= 11 is 0. The zero-order valence-corrected chi connectivity index (χ0v) is 11.0. The van der Waals surface area contributed by atoms with E-state index in [4.69, 9.17) is 11.1 Å². The van der Waals surface area contributed by atoms with Crippen LogP contribution in [-0.4, -0.2) is 29.9 Å². The van der Waals surface area contributed by atoms with Crippen LogP contribution in [0.3, 0.4) is 0 Å². The number of amidine groups is 1. The van der Waals surface area contributed by atoms with E-state index in [0.29, 0.717) is 12.3 Å². The molecule has 3 nitrogen and oxygen atoms in total. The predicted molar refractivity (Wildman–Crippen MR) is 69.7 cm³/mol. The summed E-state index contributed by atoms with van der Waals surface area (Å²) in [6.45, 7) is 8.99. The Labute approximate surface area is 99.9 Å². The molecule has 0 saturated heterocycles. The summed E-state index contributed by atoms with van der Waals surface area (Å²) in [6.07, 6.45) is 4.70. The van der Waals surface area contributed by atoms with Crippen LogP contribution >= 0.6 is 0 Å². The third-order valence-corrected chi connectivity index (χ3v) is 4.16. The highest BCUT2D eigenvalue weighted by Gasteiger charge is 2.27. The number of hydrogen-bond acceptors (Lipinski definition) is 2. The van der Waals surface area contributed by atoms with Crippen molar-refractivity contribution in [1.29, 1.82) is 5.41 Å². The Hall–Kier alpha value is -0.570. The Morgan fingerprint density at radius 2 is 2.00 bits per heavy atom. The molecule has 0 aromatic heterocycles. The summed E-state index contributed by atoms with van der Waals surface area (Å²) in [5, 5.41) is 7.30. The fourth-order valence-corrected chi connectivity index (χ4v) is 2.71. The van der Waals surface area contributed by atoms with Crippen molar-refractivity contribution in [2.75, 3.05) is 13.1 Å². The van der Waals surface area contributed by atoms with E-state index >= 15 is 0 Å². The van der Waals surface area contributed by atoms with Crippen molar-refractivity contribution in [3.8, 4) is 0 Å². The summed E-state index contributed by atoms with van der Waals surface area (Å²) in [5.74, 6) is 2.03. The minimum atomic E-state index is 0.315. The molecule has 1 fully saturated rings. The van der Waals surface area contributed by atoms with Crippen molar-refractivity contribution in [3.05, 3.63) is 0 Å². The maximum atomic E-state index is 7.30. The molecule has 0 heterocycles. The lowest BCUT2D eigenvalue weighted by Gasteiger charge is -2.38. The SMILES string of the molecule is CCN(CCC(=N)N)C1CCC(C)C(C)C1. The lowest BCUT2D eigenvalue weighted by atomic mass is 9.78. The molecule has 1 aliphatic carbocycles. The Morgan fingerprint density at radius 1 is 1.31 bits per heavy atom. The third-order valence-electron chi connectivity index (χ3n) is 4.16. The number of nitrogens with one attached hydrogen (secondary N) is 1. The van der Waals surface area contributed by atoms with Gasteiger partial charge in [0.2, 0.25) is 0 Å². The van der Waals surface area contributed by atoms with E-state index in [9.17, 15) is 0 Å². The molecular weight excluding hydrogens is 198 g/mol. The second-order valence-corrected chi connectivity index (χ2v) is 5.33. The fraction of sp³-hybridized carbons (Fsp3) is 0.923. The van der Waals surface area contributed by atoms with Gasteiger partial charge < -0.3 is 10.6 Å². The van der Waals surface area contributed by atoms with E-state index in [0.717, 1.165) is 31.0 Å². The number of hydrogen-bond donors (Lipinski definition) is 2. The second-order valence-electron chi connectivity index (χ2n) is 5.33. The zero-order chi connectivity index (χ0) is 12.1. The van der Waals surface area contributed by atoms with Crippen LogP contribution in [0.1, 0.15) is 46.5 Å². The first-order valence-electron chi connectivity index (χ1n) is 6.61. The highest BCUT2D eigenvalue weighted by Crippen LogP contribution is 2.31. The minimum Gasteiger partial charge on any atom is -0.388 e. The van der Waals surface area contributed by atoms with E-state index < -0.39 is 0 Å². The van der Waals surface area contributed by atoms with E-state index in [1.807, 2.05) is 0 Å². The van der Waals surface area contributed by atoms with Crippen LogP contribution in [0.5, 0.6) is 0 Å². The van der Waals surface area contributed by atoms with Crippen LogP contribution < -0.4 is 5.73 Å². The van der Waals surface area contributed by atoms with Crippen molar-refractivity contribution >= 4 is 5.84 Å². The maximum absolute atomic E-state index is 7.30. The molecular formula is C13H27N3. The van der Waals surface area contributed by atoms with E-state index in [2.05, 4.69) is 25.7 Å². The smallest absolute Gasteiger partial charge is 0.0918 e. The molecule has 3 N–H and O–H groups in total. The van der Waals surface area contributed by atoms with E-state index in [1.165, 1.54) is 19.3 Å². The Morgan fingerprint density at radius 3 is 2.50 bits per heavy atom. The van der Waals surface area contributed by atoms with Gasteiger partial charge >= 0.3 is 0 Å². The molecule has 0 bridgehead atoms. The summed E-state index contributed by atoms with van der Waals surface area (Å²) in [6, 6.07) is 0.718.